The van der Waals surface area contributed by atoms with Gasteiger partial charge in [-0.15, -0.1) is 0 Å². The van der Waals surface area contributed by atoms with Crippen molar-refractivity contribution < 1.29 is 19.5 Å². The molecule has 0 heterocycles. The van der Waals surface area contributed by atoms with Crippen LogP contribution < -0.4 is 16.0 Å². The molecule has 4 aliphatic carbocycles. The van der Waals surface area contributed by atoms with Gasteiger partial charge in [-0.25, -0.2) is 9.59 Å². The van der Waals surface area contributed by atoms with Gasteiger partial charge in [-0.3, -0.25) is 4.79 Å². The number of carboxylic acid groups (broad SMARTS) is 1. The van der Waals surface area contributed by atoms with Crippen LogP contribution in [0.25, 0.3) is 0 Å². The van der Waals surface area contributed by atoms with Crippen LogP contribution in [0.1, 0.15) is 55.3 Å². The van der Waals surface area contributed by atoms with E-state index in [9.17, 15) is 14.4 Å². The molecule has 4 bridgehead atoms. The van der Waals surface area contributed by atoms with E-state index in [2.05, 4.69) is 16.0 Å². The fourth-order valence-electron chi connectivity index (χ4n) is 5.76. The minimum absolute atomic E-state index is 0.0347. The summed E-state index contributed by atoms with van der Waals surface area (Å²) in [5, 5.41) is 17.6. The molecule has 0 spiro atoms. The fraction of sp³-hybridized carbons (Fsp3) is 0.571. The molecule has 0 aliphatic heterocycles. The second kappa shape index (κ2) is 7.45. The van der Waals surface area contributed by atoms with Crippen LogP contribution in [0.4, 0.5) is 10.5 Å². The number of rotatable bonds is 6. The van der Waals surface area contributed by atoms with E-state index in [0.29, 0.717) is 5.69 Å². The van der Waals surface area contributed by atoms with Gasteiger partial charge < -0.3 is 21.1 Å². The second-order valence-corrected chi connectivity index (χ2v) is 8.76. The first-order valence-corrected chi connectivity index (χ1v) is 10.1. The van der Waals surface area contributed by atoms with Crippen LogP contribution in [-0.4, -0.2) is 35.1 Å². The zero-order chi connectivity index (χ0) is 19.7. The molecule has 4 aliphatic rings. The van der Waals surface area contributed by atoms with Crippen LogP contribution in [0.15, 0.2) is 24.3 Å². The highest BCUT2D eigenvalue weighted by atomic mass is 16.4. The highest BCUT2D eigenvalue weighted by molar-refractivity contribution is 5.92. The second-order valence-electron chi connectivity index (χ2n) is 8.76. The summed E-state index contributed by atoms with van der Waals surface area (Å²) in [6.45, 7) is 0.261. The van der Waals surface area contributed by atoms with Gasteiger partial charge in [0, 0.05) is 24.2 Å². The summed E-state index contributed by atoms with van der Waals surface area (Å²) in [4.78, 5) is 35.2. The summed E-state index contributed by atoms with van der Waals surface area (Å²) in [6.07, 6.45) is 7.44. The fourth-order valence-corrected chi connectivity index (χ4v) is 5.76. The third kappa shape index (κ3) is 4.13. The van der Waals surface area contributed by atoms with Gasteiger partial charge in [0.05, 0.1) is 5.56 Å². The lowest BCUT2D eigenvalue weighted by Gasteiger charge is -2.56. The highest BCUT2D eigenvalue weighted by Crippen LogP contribution is 2.55. The lowest BCUT2D eigenvalue weighted by Crippen LogP contribution is -2.61. The average Bonchev–Trinajstić information content (AvgIpc) is 2.60. The van der Waals surface area contributed by atoms with Crippen LogP contribution in [0.3, 0.4) is 0 Å². The minimum atomic E-state index is -1.01. The van der Waals surface area contributed by atoms with Crippen molar-refractivity contribution in [2.24, 2.45) is 17.8 Å². The molecule has 7 heteroatoms. The van der Waals surface area contributed by atoms with Gasteiger partial charge >= 0.3 is 12.0 Å². The summed E-state index contributed by atoms with van der Waals surface area (Å²) in [5.41, 5.74) is 0.668. The monoisotopic (exact) mass is 385 g/mol. The normalized spacial score (nSPS) is 29.9. The Bertz CT molecular complexity index is 739. The van der Waals surface area contributed by atoms with Crippen molar-refractivity contribution in [3.05, 3.63) is 29.8 Å². The van der Waals surface area contributed by atoms with E-state index < -0.39 is 5.97 Å². The van der Waals surface area contributed by atoms with E-state index >= 15 is 0 Å². The molecule has 4 N–H and O–H groups in total. The van der Waals surface area contributed by atoms with Gasteiger partial charge in [-0.05, 0) is 80.5 Å². The molecule has 3 amide bonds. The molecule has 0 radical (unpaired) electrons. The molecule has 28 heavy (non-hydrogen) atoms. The Labute approximate surface area is 164 Å². The number of benzene rings is 1. The SMILES string of the molecule is O=C(CCNC(=O)NC12CC3CC(CC(C3)C1)C2)Nc1ccc(C(=O)O)cc1. The molecule has 0 atom stereocenters. The maximum Gasteiger partial charge on any atom is 0.335 e. The zero-order valence-corrected chi connectivity index (χ0v) is 15.9. The summed E-state index contributed by atoms with van der Waals surface area (Å²) in [5.74, 6) is 1.07. The average molecular weight is 385 g/mol. The van der Waals surface area contributed by atoms with Gasteiger partial charge in [0.2, 0.25) is 5.91 Å². The number of aromatic carboxylic acids is 1. The first kappa shape index (κ1) is 18.8. The largest absolute Gasteiger partial charge is 0.478 e. The molecular formula is C21H27N3O4. The number of amides is 3. The third-order valence-electron chi connectivity index (χ3n) is 6.47. The molecule has 150 valence electrons. The van der Waals surface area contributed by atoms with Crippen LogP contribution in [-0.2, 0) is 4.79 Å². The van der Waals surface area contributed by atoms with E-state index in [1.54, 1.807) is 12.1 Å². The van der Waals surface area contributed by atoms with Gasteiger partial charge in [0.1, 0.15) is 0 Å². The van der Waals surface area contributed by atoms with E-state index in [-0.39, 0.29) is 36.0 Å². The van der Waals surface area contributed by atoms with Crippen LogP contribution in [0.5, 0.6) is 0 Å². The smallest absolute Gasteiger partial charge is 0.335 e. The summed E-state index contributed by atoms with van der Waals surface area (Å²) in [6, 6.07) is 5.80. The summed E-state index contributed by atoms with van der Waals surface area (Å²) >= 11 is 0. The van der Waals surface area contributed by atoms with Crippen molar-refractivity contribution in [2.75, 3.05) is 11.9 Å². The summed E-state index contributed by atoms with van der Waals surface area (Å²) in [7, 11) is 0. The topological polar surface area (TPSA) is 108 Å². The maximum absolute atomic E-state index is 12.4. The Balaban J connectivity index is 1.20. The highest BCUT2D eigenvalue weighted by Gasteiger charge is 2.51. The zero-order valence-electron chi connectivity index (χ0n) is 15.9. The first-order chi connectivity index (χ1) is 13.4. The number of carboxylic acids is 1. The molecular weight excluding hydrogens is 358 g/mol. The first-order valence-electron chi connectivity index (χ1n) is 10.1. The van der Waals surface area contributed by atoms with Gasteiger partial charge in [-0.2, -0.15) is 0 Å². The van der Waals surface area contributed by atoms with Crippen molar-refractivity contribution >= 4 is 23.6 Å². The minimum Gasteiger partial charge on any atom is -0.478 e. The standard InChI is InChI=1S/C21H27N3O4/c25-18(23-17-3-1-16(2-4-17)19(26)27)5-6-22-20(28)24-21-10-13-7-14(11-21)9-15(8-13)12-21/h1-4,13-15H,5-12H2,(H,23,25)(H,26,27)(H2,22,24,28). The Hall–Kier alpha value is -2.57. The maximum atomic E-state index is 12.4. The van der Waals surface area contributed by atoms with Crippen molar-refractivity contribution in [1.29, 1.82) is 0 Å². The number of hydrogen-bond acceptors (Lipinski definition) is 3. The van der Waals surface area contributed by atoms with Crippen molar-refractivity contribution in [1.82, 2.24) is 10.6 Å². The molecule has 4 saturated carbocycles. The molecule has 5 rings (SSSR count). The van der Waals surface area contributed by atoms with E-state index in [1.165, 1.54) is 31.4 Å². The Morgan fingerprint density at radius 1 is 0.964 bits per heavy atom. The van der Waals surface area contributed by atoms with E-state index in [4.69, 9.17) is 5.11 Å². The molecule has 0 saturated heterocycles. The molecule has 1 aromatic carbocycles. The van der Waals surface area contributed by atoms with Crippen molar-refractivity contribution in [3.8, 4) is 0 Å². The predicted octanol–water partition coefficient (Wildman–Crippen LogP) is 2.98. The van der Waals surface area contributed by atoms with Gasteiger partial charge in [0.25, 0.3) is 0 Å². The van der Waals surface area contributed by atoms with Crippen LogP contribution >= 0.6 is 0 Å². The molecule has 7 nitrogen and oxygen atoms in total. The predicted molar refractivity (Wildman–Crippen MR) is 104 cm³/mol. The number of carbonyl (C=O) groups excluding carboxylic acids is 2. The quantitative estimate of drug-likeness (QED) is 0.604. The summed E-state index contributed by atoms with van der Waals surface area (Å²) < 4.78 is 0. The Morgan fingerprint density at radius 3 is 2.07 bits per heavy atom. The van der Waals surface area contributed by atoms with E-state index in [1.807, 2.05) is 0 Å². The van der Waals surface area contributed by atoms with Crippen LogP contribution in [0, 0.1) is 17.8 Å². The number of anilines is 1. The lowest BCUT2D eigenvalue weighted by molar-refractivity contribution is -0.116. The molecule has 0 unspecified atom stereocenters. The third-order valence-corrected chi connectivity index (χ3v) is 6.47. The Kier molecular flexibility index (Phi) is 5.00. The van der Waals surface area contributed by atoms with E-state index in [0.717, 1.165) is 37.0 Å². The van der Waals surface area contributed by atoms with Gasteiger partial charge in [-0.1, -0.05) is 0 Å². The molecule has 4 fully saturated rings. The number of carbonyl (C=O) groups is 3. The van der Waals surface area contributed by atoms with Crippen molar-refractivity contribution in [2.45, 2.75) is 50.5 Å². The van der Waals surface area contributed by atoms with Gasteiger partial charge in [0.15, 0.2) is 0 Å². The van der Waals surface area contributed by atoms with Crippen molar-refractivity contribution in [3.63, 3.8) is 0 Å². The number of nitrogens with one attached hydrogen (secondary N) is 3. The van der Waals surface area contributed by atoms with Crippen LogP contribution in [0.2, 0.25) is 0 Å². The molecule has 0 aromatic heterocycles. The Morgan fingerprint density at radius 2 is 1.54 bits per heavy atom. The molecule has 1 aromatic rings. The number of urea groups is 1. The lowest BCUT2D eigenvalue weighted by atomic mass is 9.53. The number of hydrogen-bond donors (Lipinski definition) is 4.